The first kappa shape index (κ1) is 36.7. The third kappa shape index (κ3) is 9.13. The molecule has 5 rings (SSSR count). The van der Waals surface area contributed by atoms with Gasteiger partial charge in [-0.15, -0.1) is 0 Å². The molecule has 1 aliphatic heterocycles. The molecule has 0 bridgehead atoms. The molecule has 0 spiro atoms. The fourth-order valence-corrected chi connectivity index (χ4v) is 6.96. The molecule has 1 heterocycles. The molecule has 5 N–H and O–H groups in total. The topological polar surface area (TPSA) is 154 Å². The molecule has 0 aromatic heterocycles. The number of carbonyl (C=O) groups excluding carboxylic acids is 2. The highest BCUT2D eigenvalue weighted by molar-refractivity contribution is 7.92. The molecule has 0 saturated heterocycles. The minimum Gasteiger partial charge on any atom is -0.488 e. The maximum atomic E-state index is 13.6. The molecule has 0 fully saturated rings. The molecule has 0 aliphatic carbocycles. The van der Waals surface area contributed by atoms with Crippen molar-refractivity contribution in [3.63, 3.8) is 0 Å². The van der Waals surface area contributed by atoms with Gasteiger partial charge in [0.15, 0.2) is 0 Å². The second-order valence-corrected chi connectivity index (χ2v) is 14.8. The number of fused-ring (bicyclic) bond motifs is 1. The smallest absolute Gasteiger partial charge is 0.261 e. The number of nitrogen functional groups attached to an aromatic ring is 1. The molecule has 0 unspecified atom stereocenters. The van der Waals surface area contributed by atoms with Gasteiger partial charge in [-0.1, -0.05) is 42.8 Å². The zero-order chi connectivity index (χ0) is 36.0. The molecule has 2 amide bonds. The molecule has 0 radical (unpaired) electrons. The summed E-state index contributed by atoms with van der Waals surface area (Å²) in [6.45, 7) is 5.02. The van der Waals surface area contributed by atoms with E-state index in [1.807, 2.05) is 26.1 Å². The van der Waals surface area contributed by atoms with Gasteiger partial charge in [-0.25, -0.2) is 8.42 Å². The quantitative estimate of drug-likeness (QED) is 0.153. The van der Waals surface area contributed by atoms with E-state index in [9.17, 15) is 23.1 Å². The number of sulfonamides is 1. The van der Waals surface area contributed by atoms with Crippen LogP contribution in [0.2, 0.25) is 5.02 Å². The first-order valence-electron chi connectivity index (χ1n) is 16.2. The fraction of sp³-hybridized carbons (Fsp3) is 0.297. The van der Waals surface area contributed by atoms with Crippen molar-refractivity contribution in [3.05, 3.63) is 113 Å². The van der Waals surface area contributed by atoms with E-state index in [0.29, 0.717) is 52.9 Å². The third-order valence-corrected chi connectivity index (χ3v) is 10.3. The van der Waals surface area contributed by atoms with Crippen molar-refractivity contribution in [2.75, 3.05) is 42.5 Å². The minimum atomic E-state index is -3.92. The van der Waals surface area contributed by atoms with Crippen LogP contribution in [0.5, 0.6) is 5.75 Å². The summed E-state index contributed by atoms with van der Waals surface area (Å²) < 4.78 is 35.4. The number of ether oxygens (including phenoxy) is 1. The number of hydrogen-bond acceptors (Lipinski definition) is 8. The Hall–Kier alpha value is -4.62. The first-order chi connectivity index (χ1) is 23.8. The Morgan fingerprint density at radius 2 is 1.78 bits per heavy atom. The number of anilines is 3. The molecule has 3 atom stereocenters. The molecule has 264 valence electrons. The Balaban J connectivity index is 1.33. The lowest BCUT2D eigenvalue weighted by atomic mass is 10.0. The van der Waals surface area contributed by atoms with Gasteiger partial charge in [0.25, 0.3) is 15.9 Å². The molecule has 11 nitrogen and oxygen atoms in total. The van der Waals surface area contributed by atoms with Crippen LogP contribution in [0.15, 0.2) is 95.9 Å². The van der Waals surface area contributed by atoms with Gasteiger partial charge < -0.3 is 25.8 Å². The second kappa shape index (κ2) is 15.9. The number of para-hydroxylation sites is 2. The van der Waals surface area contributed by atoms with E-state index in [4.69, 9.17) is 22.1 Å². The van der Waals surface area contributed by atoms with Crippen molar-refractivity contribution >= 4 is 50.5 Å². The number of hydrogen-bond donors (Lipinski definition) is 4. The van der Waals surface area contributed by atoms with Crippen LogP contribution < -0.4 is 20.5 Å². The first-order valence-corrected chi connectivity index (χ1v) is 18.1. The predicted octanol–water partition coefficient (Wildman–Crippen LogP) is 5.26. The van der Waals surface area contributed by atoms with Gasteiger partial charge in [-0.05, 0) is 86.3 Å². The van der Waals surface area contributed by atoms with Crippen molar-refractivity contribution < 1.29 is 27.9 Å². The third-order valence-electron chi connectivity index (χ3n) is 8.66. The summed E-state index contributed by atoms with van der Waals surface area (Å²) in [5, 5.41) is 13.2. The highest BCUT2D eigenvalue weighted by Gasteiger charge is 2.31. The average Bonchev–Trinajstić information content (AvgIpc) is 3.12. The van der Waals surface area contributed by atoms with E-state index in [1.165, 1.54) is 24.3 Å². The van der Waals surface area contributed by atoms with E-state index in [0.717, 1.165) is 5.56 Å². The highest BCUT2D eigenvalue weighted by Crippen LogP contribution is 2.30. The summed E-state index contributed by atoms with van der Waals surface area (Å²) in [5.41, 5.74) is 9.30. The lowest BCUT2D eigenvalue weighted by Gasteiger charge is -2.34. The Morgan fingerprint density at radius 1 is 1.08 bits per heavy atom. The maximum Gasteiger partial charge on any atom is 0.261 e. The SMILES string of the molecule is C[C@H]1CN([C@@H](C)CO)C(=O)Cc2cc(NS(=O)(=O)c3ccc(Cl)cc3)ccc2O[C@@H]1CN(C)Cc1ccc(C(=O)Nc2ccccc2N)cc1. The van der Waals surface area contributed by atoms with Crippen molar-refractivity contribution in [2.24, 2.45) is 5.92 Å². The Bertz CT molecular complexity index is 1920. The van der Waals surface area contributed by atoms with Crippen molar-refractivity contribution in [3.8, 4) is 5.75 Å². The van der Waals surface area contributed by atoms with Crippen LogP contribution >= 0.6 is 11.6 Å². The number of carbonyl (C=O) groups is 2. The van der Waals surface area contributed by atoms with Crippen LogP contribution in [-0.4, -0.2) is 74.0 Å². The average molecular weight is 720 g/mol. The van der Waals surface area contributed by atoms with Crippen LogP contribution in [0.1, 0.15) is 35.3 Å². The summed E-state index contributed by atoms with van der Waals surface area (Å²) in [6.07, 6.45) is -0.404. The van der Waals surface area contributed by atoms with Crippen molar-refractivity contribution in [1.29, 1.82) is 0 Å². The van der Waals surface area contributed by atoms with Gasteiger partial charge in [-0.2, -0.15) is 0 Å². The molecule has 50 heavy (non-hydrogen) atoms. The summed E-state index contributed by atoms with van der Waals surface area (Å²) in [7, 11) is -1.95. The van der Waals surface area contributed by atoms with E-state index < -0.39 is 16.1 Å². The van der Waals surface area contributed by atoms with Crippen LogP contribution in [0.25, 0.3) is 0 Å². The molecule has 0 saturated carbocycles. The van der Waals surface area contributed by atoms with Crippen molar-refractivity contribution in [1.82, 2.24) is 9.80 Å². The molecule has 4 aromatic rings. The van der Waals surface area contributed by atoms with Gasteiger partial charge in [0, 0.05) is 47.4 Å². The molecule has 4 aromatic carbocycles. The van der Waals surface area contributed by atoms with E-state index in [1.54, 1.807) is 66.4 Å². The summed E-state index contributed by atoms with van der Waals surface area (Å²) >= 11 is 5.94. The number of benzene rings is 4. The van der Waals surface area contributed by atoms with Crippen LogP contribution in [0.3, 0.4) is 0 Å². The van der Waals surface area contributed by atoms with E-state index in [-0.39, 0.29) is 47.4 Å². The summed E-state index contributed by atoms with van der Waals surface area (Å²) in [6, 6.07) is 24.7. The lowest BCUT2D eigenvalue weighted by molar-refractivity contribution is -0.134. The van der Waals surface area contributed by atoms with Gasteiger partial charge in [0.05, 0.1) is 35.3 Å². The number of rotatable bonds is 11. The number of nitrogens with zero attached hydrogens (tertiary/aromatic N) is 2. The Kier molecular flexibility index (Phi) is 11.7. The second-order valence-electron chi connectivity index (χ2n) is 12.7. The number of nitrogens with two attached hydrogens (primary N) is 1. The van der Waals surface area contributed by atoms with Gasteiger partial charge >= 0.3 is 0 Å². The highest BCUT2D eigenvalue weighted by atomic mass is 35.5. The largest absolute Gasteiger partial charge is 0.488 e. The zero-order valence-corrected chi connectivity index (χ0v) is 29.7. The predicted molar refractivity (Wildman–Crippen MR) is 196 cm³/mol. The number of aliphatic hydroxyl groups excluding tert-OH is 1. The number of aliphatic hydroxyl groups is 1. The minimum absolute atomic E-state index is 0.0394. The summed E-state index contributed by atoms with van der Waals surface area (Å²) in [4.78, 5) is 30.2. The number of amides is 2. The standard InChI is InChI=1S/C37H42ClN5O6S/c1-24-20-43(25(2)23-44)36(45)19-28-18-30(41-50(47,48)31-15-12-29(38)13-16-31)14-17-34(28)49-35(24)22-42(3)21-26-8-10-27(11-9-26)37(46)40-33-7-5-4-6-32(33)39/h4-18,24-25,35,41,44H,19-23,39H2,1-3H3,(H,40,46)/t24-,25-,35+/m0/s1. The van der Waals surface area contributed by atoms with E-state index >= 15 is 0 Å². The normalized spacial score (nSPS) is 17.2. The van der Waals surface area contributed by atoms with Crippen LogP contribution in [0, 0.1) is 5.92 Å². The summed E-state index contributed by atoms with van der Waals surface area (Å²) in [5.74, 6) is -0.104. The maximum absolute atomic E-state index is 13.6. The number of halogens is 1. The fourth-order valence-electron chi connectivity index (χ4n) is 5.79. The number of nitrogens with one attached hydrogen (secondary N) is 2. The molecule has 13 heteroatoms. The molecular formula is C37H42ClN5O6S. The monoisotopic (exact) mass is 719 g/mol. The van der Waals surface area contributed by atoms with Crippen LogP contribution in [-0.2, 0) is 27.8 Å². The van der Waals surface area contributed by atoms with Crippen molar-refractivity contribution in [2.45, 2.75) is 43.9 Å². The van der Waals surface area contributed by atoms with Gasteiger partial charge in [-0.3, -0.25) is 19.2 Å². The lowest BCUT2D eigenvalue weighted by Crippen LogP contribution is -2.47. The Morgan fingerprint density at radius 3 is 2.46 bits per heavy atom. The van der Waals surface area contributed by atoms with E-state index in [2.05, 4.69) is 14.9 Å². The molecular weight excluding hydrogens is 678 g/mol. The molecule has 1 aliphatic rings. The van der Waals surface area contributed by atoms with Crippen LogP contribution in [0.4, 0.5) is 17.1 Å². The zero-order valence-electron chi connectivity index (χ0n) is 28.2. The van der Waals surface area contributed by atoms with Gasteiger partial charge in [0.1, 0.15) is 11.9 Å². The Labute approximate surface area is 298 Å². The number of likely N-dealkylation sites (N-methyl/N-ethyl adjacent to an activating group) is 1. The van der Waals surface area contributed by atoms with Gasteiger partial charge in [0.2, 0.25) is 5.91 Å².